The van der Waals surface area contributed by atoms with Crippen molar-refractivity contribution in [3.8, 4) is 11.1 Å². The maximum atomic E-state index is 13.5. The molecule has 0 aliphatic carbocycles. The highest BCUT2D eigenvalue weighted by atomic mass is 35.5. The van der Waals surface area contributed by atoms with Crippen LogP contribution in [0, 0.1) is 5.82 Å². The number of rotatable bonds is 2. The normalized spacial score (nSPS) is 10.1. The second-order valence-corrected chi connectivity index (χ2v) is 3.55. The highest BCUT2D eigenvalue weighted by Crippen LogP contribution is 2.21. The second-order valence-electron chi connectivity index (χ2n) is 3.20. The number of hydrogen-bond donors (Lipinski definition) is 0. The van der Waals surface area contributed by atoms with E-state index in [9.17, 15) is 9.18 Å². The zero-order valence-corrected chi connectivity index (χ0v) is 8.91. The summed E-state index contributed by atoms with van der Waals surface area (Å²) in [6.07, 6.45) is 3.24. The molecule has 4 heteroatoms. The zero-order chi connectivity index (χ0) is 11.5. The molecular weight excluding hydrogens is 229 g/mol. The minimum absolute atomic E-state index is 0.112. The van der Waals surface area contributed by atoms with Gasteiger partial charge in [-0.2, -0.15) is 0 Å². The number of nitrogens with zero attached hydrogens (tertiary/aromatic N) is 1. The zero-order valence-electron chi connectivity index (χ0n) is 8.15. The van der Waals surface area contributed by atoms with Gasteiger partial charge in [0.2, 0.25) is 0 Å². The largest absolute Gasteiger partial charge is 0.275 e. The van der Waals surface area contributed by atoms with Gasteiger partial charge in [0.25, 0.3) is 5.24 Å². The highest BCUT2D eigenvalue weighted by molar-refractivity contribution is 6.67. The molecule has 0 aliphatic rings. The molecule has 16 heavy (non-hydrogen) atoms. The van der Waals surface area contributed by atoms with Crippen molar-refractivity contribution in [2.24, 2.45) is 0 Å². The predicted octanol–water partition coefficient (Wildman–Crippen LogP) is 3.27. The van der Waals surface area contributed by atoms with Gasteiger partial charge in [0.05, 0.1) is 5.56 Å². The van der Waals surface area contributed by atoms with Gasteiger partial charge < -0.3 is 0 Å². The Morgan fingerprint density at radius 1 is 1.12 bits per heavy atom. The van der Waals surface area contributed by atoms with Gasteiger partial charge in [-0.05, 0) is 47.0 Å². The number of pyridine rings is 1. The standard InChI is InChI=1S/C12H7ClFNO/c13-12(16)10-2-1-9(7-11(10)14)8-3-5-15-6-4-8/h1-7H. The summed E-state index contributed by atoms with van der Waals surface area (Å²) in [5.74, 6) is -0.616. The van der Waals surface area contributed by atoms with Crippen molar-refractivity contribution in [1.29, 1.82) is 0 Å². The highest BCUT2D eigenvalue weighted by Gasteiger charge is 2.09. The Hall–Kier alpha value is -1.74. The Morgan fingerprint density at radius 3 is 2.38 bits per heavy atom. The number of halogens is 2. The van der Waals surface area contributed by atoms with Crippen molar-refractivity contribution in [2.75, 3.05) is 0 Å². The van der Waals surface area contributed by atoms with Crippen LogP contribution in [-0.4, -0.2) is 10.2 Å². The Labute approximate surface area is 96.7 Å². The predicted molar refractivity (Wildman–Crippen MR) is 59.8 cm³/mol. The summed E-state index contributed by atoms with van der Waals surface area (Å²) in [6, 6.07) is 7.83. The van der Waals surface area contributed by atoms with Gasteiger partial charge in [0.1, 0.15) is 5.82 Å². The summed E-state index contributed by atoms with van der Waals surface area (Å²) in [5.41, 5.74) is 1.41. The Kier molecular flexibility index (Phi) is 2.97. The van der Waals surface area contributed by atoms with Crippen molar-refractivity contribution in [2.45, 2.75) is 0 Å². The van der Waals surface area contributed by atoms with E-state index in [1.54, 1.807) is 30.6 Å². The third-order valence-electron chi connectivity index (χ3n) is 2.19. The topological polar surface area (TPSA) is 30.0 Å². The summed E-state index contributed by atoms with van der Waals surface area (Å²) in [4.78, 5) is 14.7. The molecule has 0 atom stereocenters. The molecule has 0 amide bonds. The van der Waals surface area contributed by atoms with Crippen LogP contribution in [0.5, 0.6) is 0 Å². The first-order valence-electron chi connectivity index (χ1n) is 4.58. The van der Waals surface area contributed by atoms with Crippen molar-refractivity contribution in [3.05, 3.63) is 54.1 Å². The molecule has 0 saturated heterocycles. The van der Waals surface area contributed by atoms with E-state index in [0.717, 1.165) is 5.56 Å². The Morgan fingerprint density at radius 2 is 1.81 bits per heavy atom. The van der Waals surface area contributed by atoms with Crippen molar-refractivity contribution >= 4 is 16.8 Å². The lowest BCUT2D eigenvalue weighted by Gasteiger charge is -2.03. The molecule has 1 aromatic carbocycles. The van der Waals surface area contributed by atoms with Crippen LogP contribution in [-0.2, 0) is 0 Å². The van der Waals surface area contributed by atoms with E-state index >= 15 is 0 Å². The molecule has 2 nitrogen and oxygen atoms in total. The third-order valence-corrected chi connectivity index (χ3v) is 2.40. The lowest BCUT2D eigenvalue weighted by Crippen LogP contribution is -1.94. The van der Waals surface area contributed by atoms with Crippen LogP contribution in [0.4, 0.5) is 4.39 Å². The monoisotopic (exact) mass is 235 g/mol. The first-order chi connectivity index (χ1) is 7.68. The van der Waals surface area contributed by atoms with Crippen LogP contribution in [0.1, 0.15) is 10.4 Å². The molecule has 0 unspecified atom stereocenters. The lowest BCUT2D eigenvalue weighted by atomic mass is 10.1. The molecule has 0 fully saturated rings. The number of carbonyl (C=O) groups excluding carboxylic acids is 1. The van der Waals surface area contributed by atoms with E-state index in [4.69, 9.17) is 11.6 Å². The quantitative estimate of drug-likeness (QED) is 0.748. The van der Waals surface area contributed by atoms with E-state index < -0.39 is 11.1 Å². The van der Waals surface area contributed by atoms with Gasteiger partial charge in [-0.15, -0.1) is 0 Å². The molecule has 0 spiro atoms. The molecule has 0 N–H and O–H groups in total. The van der Waals surface area contributed by atoms with Gasteiger partial charge in [0, 0.05) is 12.4 Å². The average molecular weight is 236 g/mol. The number of carbonyl (C=O) groups is 1. The summed E-state index contributed by atoms with van der Waals surface area (Å²) in [5, 5.41) is -0.793. The summed E-state index contributed by atoms with van der Waals surface area (Å²) in [7, 11) is 0. The van der Waals surface area contributed by atoms with E-state index in [-0.39, 0.29) is 5.56 Å². The van der Waals surface area contributed by atoms with Crippen molar-refractivity contribution < 1.29 is 9.18 Å². The number of benzene rings is 1. The van der Waals surface area contributed by atoms with Crippen LogP contribution >= 0.6 is 11.6 Å². The first-order valence-corrected chi connectivity index (χ1v) is 4.96. The summed E-state index contributed by atoms with van der Waals surface area (Å²) in [6.45, 7) is 0. The first kappa shape index (κ1) is 10.8. The van der Waals surface area contributed by atoms with Gasteiger partial charge in [-0.25, -0.2) is 4.39 Å². The van der Waals surface area contributed by atoms with Crippen molar-refractivity contribution in [1.82, 2.24) is 4.98 Å². The van der Waals surface area contributed by atoms with E-state index in [0.29, 0.717) is 5.56 Å². The minimum atomic E-state index is -0.793. The summed E-state index contributed by atoms with van der Waals surface area (Å²) < 4.78 is 13.5. The van der Waals surface area contributed by atoms with Crippen LogP contribution in [0.2, 0.25) is 0 Å². The fourth-order valence-corrected chi connectivity index (χ4v) is 1.55. The van der Waals surface area contributed by atoms with Crippen molar-refractivity contribution in [3.63, 3.8) is 0 Å². The fourth-order valence-electron chi connectivity index (χ4n) is 1.40. The minimum Gasteiger partial charge on any atom is -0.275 e. The van der Waals surface area contributed by atoms with Crippen LogP contribution in [0.15, 0.2) is 42.7 Å². The Balaban J connectivity index is 2.46. The van der Waals surface area contributed by atoms with Crippen LogP contribution in [0.3, 0.4) is 0 Å². The Bertz CT molecular complexity index is 528. The second kappa shape index (κ2) is 4.41. The third kappa shape index (κ3) is 2.09. The average Bonchev–Trinajstić information content (AvgIpc) is 2.29. The maximum Gasteiger partial charge on any atom is 0.255 e. The molecule has 1 heterocycles. The summed E-state index contributed by atoms with van der Waals surface area (Å²) >= 11 is 5.22. The van der Waals surface area contributed by atoms with E-state index in [2.05, 4.69) is 4.98 Å². The van der Waals surface area contributed by atoms with Gasteiger partial charge >= 0.3 is 0 Å². The molecule has 1 aromatic heterocycles. The number of hydrogen-bond acceptors (Lipinski definition) is 2. The SMILES string of the molecule is O=C(Cl)c1ccc(-c2ccncc2)cc1F. The smallest absolute Gasteiger partial charge is 0.255 e. The molecule has 0 aliphatic heterocycles. The molecular formula is C12H7ClFNO. The van der Waals surface area contributed by atoms with E-state index in [1.807, 2.05) is 0 Å². The molecule has 2 rings (SSSR count). The van der Waals surface area contributed by atoms with Gasteiger partial charge in [-0.1, -0.05) is 6.07 Å². The fraction of sp³-hybridized carbons (Fsp3) is 0. The molecule has 2 aromatic rings. The van der Waals surface area contributed by atoms with Gasteiger partial charge in [-0.3, -0.25) is 9.78 Å². The number of aromatic nitrogens is 1. The molecule has 0 saturated carbocycles. The molecule has 0 bridgehead atoms. The van der Waals surface area contributed by atoms with Gasteiger partial charge in [0.15, 0.2) is 0 Å². The van der Waals surface area contributed by atoms with Crippen LogP contribution in [0.25, 0.3) is 11.1 Å². The van der Waals surface area contributed by atoms with E-state index in [1.165, 1.54) is 12.1 Å². The molecule has 0 radical (unpaired) electrons. The molecule has 80 valence electrons. The lowest BCUT2D eigenvalue weighted by molar-refractivity contribution is 0.107. The maximum absolute atomic E-state index is 13.5. The van der Waals surface area contributed by atoms with Crippen LogP contribution < -0.4 is 0 Å².